The van der Waals surface area contributed by atoms with E-state index in [1.54, 1.807) is 18.2 Å². The van der Waals surface area contributed by atoms with Crippen LogP contribution in [0.5, 0.6) is 11.5 Å². The van der Waals surface area contributed by atoms with E-state index in [9.17, 15) is 9.59 Å². The number of hydrogen-bond donors (Lipinski definition) is 2. The summed E-state index contributed by atoms with van der Waals surface area (Å²) in [4.78, 5) is 22.0. The molecule has 0 fully saturated rings. The van der Waals surface area contributed by atoms with Crippen LogP contribution in [0.25, 0.3) is 6.08 Å². The molecule has 0 spiro atoms. The van der Waals surface area contributed by atoms with E-state index in [1.165, 1.54) is 18.7 Å². The summed E-state index contributed by atoms with van der Waals surface area (Å²) in [7, 11) is 1.54. The van der Waals surface area contributed by atoms with Crippen molar-refractivity contribution in [3.8, 4) is 11.5 Å². The van der Waals surface area contributed by atoms with Gasteiger partial charge in [0.05, 0.1) is 11.6 Å². The number of benzene rings is 2. The second kappa shape index (κ2) is 9.78. The molecule has 2 aromatic carbocycles. The monoisotopic (exact) mass is 433 g/mol. The predicted molar refractivity (Wildman–Crippen MR) is 106 cm³/mol. The molecule has 142 valence electrons. The number of carbonyl (C=O) groups excluding carboxylic acids is 1. The maximum atomic E-state index is 11.6. The molecule has 0 heterocycles. The van der Waals surface area contributed by atoms with Crippen molar-refractivity contribution in [3.63, 3.8) is 0 Å². The quantitative estimate of drug-likeness (QED) is 0.621. The Labute approximate surface area is 165 Å². The molecule has 0 saturated carbocycles. The average molecular weight is 434 g/mol. The fourth-order valence-corrected chi connectivity index (χ4v) is 2.78. The van der Waals surface area contributed by atoms with Crippen LogP contribution in [-0.2, 0) is 16.2 Å². The summed E-state index contributed by atoms with van der Waals surface area (Å²) in [6.07, 6.45) is 2.82. The van der Waals surface area contributed by atoms with E-state index in [-0.39, 0.29) is 0 Å². The fourth-order valence-electron chi connectivity index (χ4n) is 2.21. The van der Waals surface area contributed by atoms with Crippen LogP contribution in [0.15, 0.2) is 46.9 Å². The Bertz CT molecular complexity index is 846. The minimum Gasteiger partial charge on any atom is -0.493 e. The highest BCUT2D eigenvalue weighted by atomic mass is 79.9. The summed E-state index contributed by atoms with van der Waals surface area (Å²) < 4.78 is 12.0. The summed E-state index contributed by atoms with van der Waals surface area (Å²) in [6, 6.07) is 11.6. The number of hydrogen-bond acceptors (Lipinski definition) is 4. The van der Waals surface area contributed by atoms with Crippen molar-refractivity contribution in [2.75, 3.05) is 13.7 Å². The highest BCUT2D eigenvalue weighted by molar-refractivity contribution is 9.10. The molecule has 7 heteroatoms. The highest BCUT2D eigenvalue weighted by Crippen LogP contribution is 2.37. The van der Waals surface area contributed by atoms with E-state index in [0.717, 1.165) is 5.56 Å². The maximum Gasteiger partial charge on any atom is 0.322 e. The largest absolute Gasteiger partial charge is 0.493 e. The van der Waals surface area contributed by atoms with Crippen LogP contribution in [0.2, 0.25) is 0 Å². The molecule has 0 radical (unpaired) electrons. The molecule has 0 saturated heterocycles. The van der Waals surface area contributed by atoms with Crippen molar-refractivity contribution in [3.05, 3.63) is 63.6 Å². The van der Waals surface area contributed by atoms with Gasteiger partial charge in [0.2, 0.25) is 5.91 Å². The van der Waals surface area contributed by atoms with E-state index in [1.807, 2.05) is 31.2 Å². The number of rotatable bonds is 8. The Morgan fingerprint density at radius 3 is 2.56 bits per heavy atom. The summed E-state index contributed by atoms with van der Waals surface area (Å²) in [5, 5.41) is 10.8. The number of aryl methyl sites for hydroxylation is 1. The Hall–Kier alpha value is -2.80. The number of carboxylic acids is 1. The third kappa shape index (κ3) is 6.45. The third-order valence-electron chi connectivity index (χ3n) is 3.60. The molecule has 27 heavy (non-hydrogen) atoms. The van der Waals surface area contributed by atoms with Gasteiger partial charge in [-0.05, 0) is 52.2 Å². The van der Waals surface area contributed by atoms with Gasteiger partial charge in [0, 0.05) is 6.08 Å². The maximum absolute atomic E-state index is 11.6. The molecule has 0 aliphatic carbocycles. The van der Waals surface area contributed by atoms with Crippen LogP contribution < -0.4 is 14.8 Å². The molecule has 0 aliphatic heterocycles. The second-order valence-electron chi connectivity index (χ2n) is 5.75. The zero-order chi connectivity index (χ0) is 19.8. The van der Waals surface area contributed by atoms with E-state index in [4.69, 9.17) is 14.6 Å². The van der Waals surface area contributed by atoms with Crippen LogP contribution in [0, 0.1) is 6.92 Å². The van der Waals surface area contributed by atoms with E-state index in [0.29, 0.717) is 28.1 Å². The number of methoxy groups -OCH3 is 1. The first kappa shape index (κ1) is 20.5. The number of ether oxygens (including phenoxy) is 2. The minimum atomic E-state index is -1.10. The van der Waals surface area contributed by atoms with Gasteiger partial charge in [-0.2, -0.15) is 0 Å². The van der Waals surface area contributed by atoms with Crippen LogP contribution >= 0.6 is 15.9 Å². The number of amides is 1. The van der Waals surface area contributed by atoms with Gasteiger partial charge in [0.25, 0.3) is 0 Å². The molecule has 0 atom stereocenters. The van der Waals surface area contributed by atoms with Crippen molar-refractivity contribution >= 4 is 33.9 Å². The van der Waals surface area contributed by atoms with Gasteiger partial charge in [0.15, 0.2) is 11.5 Å². The lowest BCUT2D eigenvalue weighted by molar-refractivity contribution is -0.137. The zero-order valence-corrected chi connectivity index (χ0v) is 16.6. The molecule has 0 aliphatic rings. The van der Waals surface area contributed by atoms with Crippen molar-refractivity contribution < 1.29 is 24.2 Å². The van der Waals surface area contributed by atoms with Gasteiger partial charge < -0.3 is 19.9 Å². The Morgan fingerprint density at radius 2 is 1.93 bits per heavy atom. The number of nitrogens with one attached hydrogen (secondary N) is 1. The number of halogens is 1. The lowest BCUT2D eigenvalue weighted by Gasteiger charge is -2.14. The van der Waals surface area contributed by atoms with Crippen molar-refractivity contribution in [2.24, 2.45) is 0 Å². The average Bonchev–Trinajstić information content (AvgIpc) is 2.64. The lowest BCUT2D eigenvalue weighted by Crippen LogP contribution is -2.27. The number of carbonyl (C=O) groups is 2. The summed E-state index contributed by atoms with van der Waals surface area (Å²) in [5.74, 6) is -0.518. The number of carboxylic acid groups (broad SMARTS) is 1. The lowest BCUT2D eigenvalue weighted by atomic mass is 10.1. The molecule has 6 nitrogen and oxygen atoms in total. The van der Waals surface area contributed by atoms with Crippen molar-refractivity contribution in [1.29, 1.82) is 0 Å². The minimum absolute atomic E-state index is 0.391. The molecule has 0 aromatic heterocycles. The van der Waals surface area contributed by atoms with Gasteiger partial charge in [-0.1, -0.05) is 29.8 Å². The molecule has 2 N–H and O–H groups in total. The SMILES string of the molecule is COc1cc(/C=C/C(=O)NCC(=O)O)cc(Br)c1OCc1ccc(C)cc1. The molecule has 1 amide bonds. The van der Waals surface area contributed by atoms with Gasteiger partial charge >= 0.3 is 5.97 Å². The van der Waals surface area contributed by atoms with Crippen LogP contribution in [0.1, 0.15) is 16.7 Å². The van der Waals surface area contributed by atoms with E-state index in [2.05, 4.69) is 21.2 Å². The van der Waals surface area contributed by atoms with Crippen LogP contribution in [0.3, 0.4) is 0 Å². The third-order valence-corrected chi connectivity index (χ3v) is 4.19. The van der Waals surface area contributed by atoms with Gasteiger partial charge in [0.1, 0.15) is 13.2 Å². The normalized spacial score (nSPS) is 10.6. The van der Waals surface area contributed by atoms with Gasteiger partial charge in [-0.15, -0.1) is 0 Å². The summed E-state index contributed by atoms with van der Waals surface area (Å²) in [5.41, 5.74) is 2.92. The Balaban J connectivity index is 2.10. The highest BCUT2D eigenvalue weighted by Gasteiger charge is 2.11. The molecule has 0 bridgehead atoms. The topological polar surface area (TPSA) is 84.9 Å². The van der Waals surface area contributed by atoms with Crippen molar-refractivity contribution in [2.45, 2.75) is 13.5 Å². The molecule has 2 rings (SSSR count). The smallest absolute Gasteiger partial charge is 0.322 e. The first-order chi connectivity index (χ1) is 12.9. The molecular weight excluding hydrogens is 414 g/mol. The molecular formula is C20H20BrNO5. The first-order valence-electron chi connectivity index (χ1n) is 8.12. The predicted octanol–water partition coefficient (Wildman–Crippen LogP) is 3.56. The zero-order valence-electron chi connectivity index (χ0n) is 15.0. The van der Waals surface area contributed by atoms with Gasteiger partial charge in [-0.25, -0.2) is 0 Å². The second-order valence-corrected chi connectivity index (χ2v) is 6.61. The van der Waals surface area contributed by atoms with Crippen LogP contribution in [0.4, 0.5) is 0 Å². The van der Waals surface area contributed by atoms with E-state index < -0.39 is 18.4 Å². The van der Waals surface area contributed by atoms with E-state index >= 15 is 0 Å². The van der Waals surface area contributed by atoms with Gasteiger partial charge in [-0.3, -0.25) is 9.59 Å². The van der Waals surface area contributed by atoms with Crippen LogP contribution in [-0.4, -0.2) is 30.6 Å². The Kier molecular flexibility index (Phi) is 7.43. The number of aliphatic carboxylic acids is 1. The molecule has 0 unspecified atom stereocenters. The first-order valence-corrected chi connectivity index (χ1v) is 8.92. The molecule has 2 aromatic rings. The standard InChI is InChI=1S/C20H20BrNO5/c1-13-3-5-14(6-4-13)12-27-20-16(21)9-15(10-17(20)26-2)7-8-18(23)22-11-19(24)25/h3-10H,11-12H2,1-2H3,(H,22,23)(H,24,25)/b8-7+. The van der Waals surface area contributed by atoms with Crippen molar-refractivity contribution in [1.82, 2.24) is 5.32 Å². The Morgan fingerprint density at radius 1 is 1.22 bits per heavy atom. The fraction of sp³-hybridized carbons (Fsp3) is 0.200. The summed E-state index contributed by atoms with van der Waals surface area (Å²) >= 11 is 3.46. The summed E-state index contributed by atoms with van der Waals surface area (Å²) in [6.45, 7) is 1.99.